The predicted molar refractivity (Wildman–Crippen MR) is 80.8 cm³/mol. The van der Waals surface area contributed by atoms with Crippen molar-refractivity contribution in [3.63, 3.8) is 0 Å². The van der Waals surface area contributed by atoms with E-state index in [-0.39, 0.29) is 24.0 Å². The Morgan fingerprint density at radius 1 is 1.30 bits per heavy atom. The molecule has 0 aliphatic heterocycles. The Kier molecular flexibility index (Phi) is 5.01. The van der Waals surface area contributed by atoms with E-state index in [0.29, 0.717) is 0 Å². The molecular weight excluding hydrogens is 252 g/mol. The van der Waals surface area contributed by atoms with Gasteiger partial charge in [-0.1, -0.05) is 6.42 Å². The van der Waals surface area contributed by atoms with Gasteiger partial charge in [-0.15, -0.1) is 0 Å². The number of benzene rings is 1. The lowest BCUT2D eigenvalue weighted by atomic mass is 9.85. The lowest BCUT2D eigenvalue weighted by molar-refractivity contribution is -0.120. The van der Waals surface area contributed by atoms with Crippen LogP contribution in [0.1, 0.15) is 39.5 Å². The van der Waals surface area contributed by atoms with E-state index in [1.807, 2.05) is 38.1 Å². The molecule has 4 heteroatoms. The Balaban J connectivity index is 1.90. The van der Waals surface area contributed by atoms with E-state index < -0.39 is 0 Å². The summed E-state index contributed by atoms with van der Waals surface area (Å²) in [6.45, 7) is 3.98. The van der Waals surface area contributed by atoms with Crippen molar-refractivity contribution in [2.45, 2.75) is 51.7 Å². The number of nitrogens with one attached hydrogen (secondary N) is 1. The first kappa shape index (κ1) is 14.9. The Bertz CT molecular complexity index is 442. The fraction of sp³-hybridized carbons (Fsp3) is 0.562. The summed E-state index contributed by atoms with van der Waals surface area (Å²) in [6.07, 6.45) is 3.96. The summed E-state index contributed by atoms with van der Waals surface area (Å²) in [5.74, 6) is 0.945. The maximum absolute atomic E-state index is 12.2. The van der Waals surface area contributed by atoms with Crippen LogP contribution < -0.4 is 15.8 Å². The quantitative estimate of drug-likeness (QED) is 0.888. The highest BCUT2D eigenvalue weighted by atomic mass is 16.5. The summed E-state index contributed by atoms with van der Waals surface area (Å²) < 4.78 is 5.58. The van der Waals surface area contributed by atoms with Gasteiger partial charge in [-0.05, 0) is 57.4 Å². The number of rotatable bonds is 4. The molecule has 1 aromatic carbocycles. The molecule has 20 heavy (non-hydrogen) atoms. The number of carbonyl (C=O) groups is 1. The minimum Gasteiger partial charge on any atom is -0.491 e. The number of hydrogen-bond donors (Lipinski definition) is 2. The Labute approximate surface area is 120 Å². The highest BCUT2D eigenvalue weighted by Crippen LogP contribution is 2.25. The molecule has 1 aliphatic carbocycles. The summed E-state index contributed by atoms with van der Waals surface area (Å²) in [7, 11) is 0. The molecule has 0 radical (unpaired) electrons. The molecule has 0 aromatic heterocycles. The van der Waals surface area contributed by atoms with E-state index in [9.17, 15) is 4.79 Å². The molecule has 1 amide bonds. The molecule has 1 aromatic rings. The summed E-state index contributed by atoms with van der Waals surface area (Å²) >= 11 is 0. The zero-order valence-corrected chi connectivity index (χ0v) is 12.3. The van der Waals surface area contributed by atoms with E-state index in [1.54, 1.807) is 0 Å². The molecule has 1 saturated carbocycles. The second-order valence-corrected chi connectivity index (χ2v) is 5.80. The van der Waals surface area contributed by atoms with Crippen LogP contribution in [-0.4, -0.2) is 18.1 Å². The van der Waals surface area contributed by atoms with Gasteiger partial charge >= 0.3 is 0 Å². The Hall–Kier alpha value is -1.55. The lowest BCUT2D eigenvalue weighted by Crippen LogP contribution is -2.34. The maximum Gasteiger partial charge on any atom is 0.227 e. The minimum atomic E-state index is 0.0466. The second-order valence-electron chi connectivity index (χ2n) is 5.80. The van der Waals surface area contributed by atoms with Gasteiger partial charge in [-0.25, -0.2) is 0 Å². The van der Waals surface area contributed by atoms with Crippen molar-refractivity contribution in [3.05, 3.63) is 24.3 Å². The maximum atomic E-state index is 12.2. The number of anilines is 1. The predicted octanol–water partition coefficient (Wildman–Crippen LogP) is 2.93. The van der Waals surface area contributed by atoms with E-state index in [0.717, 1.165) is 37.1 Å². The van der Waals surface area contributed by atoms with Gasteiger partial charge in [0.15, 0.2) is 0 Å². The molecule has 0 bridgehead atoms. The van der Waals surface area contributed by atoms with Crippen LogP contribution in [-0.2, 0) is 4.79 Å². The molecule has 2 rings (SSSR count). The molecule has 1 fully saturated rings. The van der Waals surface area contributed by atoms with Crippen molar-refractivity contribution < 1.29 is 9.53 Å². The number of carbonyl (C=O) groups excluding carboxylic acids is 1. The van der Waals surface area contributed by atoms with Crippen molar-refractivity contribution in [1.29, 1.82) is 0 Å². The number of nitrogens with two attached hydrogens (primary N) is 1. The minimum absolute atomic E-state index is 0.0466. The monoisotopic (exact) mass is 276 g/mol. The van der Waals surface area contributed by atoms with E-state index in [2.05, 4.69) is 5.32 Å². The molecule has 2 unspecified atom stereocenters. The summed E-state index contributed by atoms with van der Waals surface area (Å²) in [5, 5.41) is 2.96. The Morgan fingerprint density at radius 3 is 2.60 bits per heavy atom. The molecule has 2 atom stereocenters. The van der Waals surface area contributed by atoms with Crippen LogP contribution in [0.3, 0.4) is 0 Å². The molecule has 110 valence electrons. The van der Waals surface area contributed by atoms with Crippen LogP contribution in [0.15, 0.2) is 24.3 Å². The topological polar surface area (TPSA) is 64.3 Å². The van der Waals surface area contributed by atoms with Gasteiger partial charge in [0, 0.05) is 17.6 Å². The molecule has 4 nitrogen and oxygen atoms in total. The van der Waals surface area contributed by atoms with Crippen LogP contribution in [0.4, 0.5) is 5.69 Å². The van der Waals surface area contributed by atoms with Gasteiger partial charge < -0.3 is 15.8 Å². The zero-order valence-electron chi connectivity index (χ0n) is 12.3. The first-order valence-electron chi connectivity index (χ1n) is 7.38. The zero-order chi connectivity index (χ0) is 14.5. The largest absolute Gasteiger partial charge is 0.491 e. The molecule has 3 N–H and O–H groups in total. The van der Waals surface area contributed by atoms with Crippen LogP contribution in [0.25, 0.3) is 0 Å². The van der Waals surface area contributed by atoms with Crippen molar-refractivity contribution in [3.8, 4) is 5.75 Å². The highest BCUT2D eigenvalue weighted by molar-refractivity contribution is 5.92. The second kappa shape index (κ2) is 6.75. The van der Waals surface area contributed by atoms with Gasteiger partial charge in [-0.3, -0.25) is 4.79 Å². The van der Waals surface area contributed by atoms with Gasteiger partial charge in [0.25, 0.3) is 0 Å². The van der Waals surface area contributed by atoms with Gasteiger partial charge in [-0.2, -0.15) is 0 Å². The first-order valence-corrected chi connectivity index (χ1v) is 7.38. The van der Waals surface area contributed by atoms with Crippen LogP contribution in [0, 0.1) is 5.92 Å². The Morgan fingerprint density at radius 2 is 2.00 bits per heavy atom. The average Bonchev–Trinajstić information content (AvgIpc) is 2.40. The van der Waals surface area contributed by atoms with Crippen molar-refractivity contribution in [2.75, 3.05) is 5.32 Å². The lowest BCUT2D eigenvalue weighted by Gasteiger charge is -2.25. The summed E-state index contributed by atoms with van der Waals surface area (Å²) in [5.41, 5.74) is 6.74. The van der Waals surface area contributed by atoms with E-state index in [4.69, 9.17) is 10.5 Å². The third kappa shape index (κ3) is 4.23. The number of ether oxygens (including phenoxy) is 1. The fourth-order valence-corrected chi connectivity index (χ4v) is 2.60. The van der Waals surface area contributed by atoms with E-state index in [1.165, 1.54) is 0 Å². The fourth-order valence-electron chi connectivity index (χ4n) is 2.60. The van der Waals surface area contributed by atoms with E-state index >= 15 is 0 Å². The van der Waals surface area contributed by atoms with Crippen molar-refractivity contribution in [1.82, 2.24) is 0 Å². The third-order valence-electron chi connectivity index (χ3n) is 3.58. The van der Waals surface area contributed by atoms with Crippen LogP contribution in [0.2, 0.25) is 0 Å². The van der Waals surface area contributed by atoms with Crippen LogP contribution in [0.5, 0.6) is 5.75 Å². The summed E-state index contributed by atoms with van der Waals surface area (Å²) in [6, 6.07) is 7.67. The number of hydrogen-bond acceptors (Lipinski definition) is 3. The molecule has 0 saturated heterocycles. The highest BCUT2D eigenvalue weighted by Gasteiger charge is 2.25. The van der Waals surface area contributed by atoms with Gasteiger partial charge in [0.05, 0.1) is 6.10 Å². The normalized spacial score (nSPS) is 22.6. The standard InChI is InChI=1S/C16H24N2O2/c1-11(2)20-15-8-6-14(7-9-15)18-16(19)12-4-3-5-13(17)10-12/h6-9,11-13H,3-5,10,17H2,1-2H3,(H,18,19). The smallest absolute Gasteiger partial charge is 0.227 e. The average molecular weight is 276 g/mol. The third-order valence-corrected chi connectivity index (χ3v) is 3.58. The SMILES string of the molecule is CC(C)Oc1ccc(NC(=O)C2CCCC(N)C2)cc1. The van der Waals surface area contributed by atoms with Crippen molar-refractivity contribution >= 4 is 11.6 Å². The number of amides is 1. The molecular formula is C16H24N2O2. The molecule has 0 heterocycles. The van der Waals surface area contributed by atoms with Crippen molar-refractivity contribution in [2.24, 2.45) is 11.7 Å². The molecule has 1 aliphatic rings. The molecule has 0 spiro atoms. The van der Waals surface area contributed by atoms with Gasteiger partial charge in [0.1, 0.15) is 5.75 Å². The summed E-state index contributed by atoms with van der Waals surface area (Å²) in [4.78, 5) is 12.2. The first-order chi connectivity index (χ1) is 9.54. The van der Waals surface area contributed by atoms with Crippen LogP contribution >= 0.6 is 0 Å². The van der Waals surface area contributed by atoms with Gasteiger partial charge in [0.2, 0.25) is 5.91 Å².